The molecule has 0 unspecified atom stereocenters. The van der Waals surface area contributed by atoms with E-state index in [0.717, 1.165) is 13.0 Å². The van der Waals surface area contributed by atoms with Crippen molar-refractivity contribution in [3.63, 3.8) is 0 Å². The second-order valence-electron chi connectivity index (χ2n) is 4.30. The third kappa shape index (κ3) is 8.01. The Kier molecular flexibility index (Phi) is 6.49. The van der Waals surface area contributed by atoms with Gasteiger partial charge in [0.1, 0.15) is 5.60 Å². The molecule has 0 spiro atoms. The van der Waals surface area contributed by atoms with Crippen molar-refractivity contribution < 1.29 is 14.6 Å². The van der Waals surface area contributed by atoms with Crippen molar-refractivity contribution in [3.05, 3.63) is 0 Å². The first-order chi connectivity index (χ1) is 6.49. The summed E-state index contributed by atoms with van der Waals surface area (Å²) in [6, 6.07) is 0.403. The maximum Gasteiger partial charge on any atom is 0.293 e. The van der Waals surface area contributed by atoms with Crippen molar-refractivity contribution in [3.8, 4) is 0 Å². The van der Waals surface area contributed by atoms with Crippen LogP contribution in [0.5, 0.6) is 0 Å². The van der Waals surface area contributed by atoms with Gasteiger partial charge in [-0.1, -0.05) is 0 Å². The molecule has 84 valence electrons. The summed E-state index contributed by atoms with van der Waals surface area (Å²) in [7, 11) is 0. The van der Waals surface area contributed by atoms with Crippen LogP contribution in [0.25, 0.3) is 0 Å². The molecule has 1 saturated heterocycles. The highest BCUT2D eigenvalue weighted by Crippen LogP contribution is 2.02. The quantitative estimate of drug-likeness (QED) is 0.648. The van der Waals surface area contributed by atoms with Crippen LogP contribution < -0.4 is 5.32 Å². The highest BCUT2D eigenvalue weighted by atomic mass is 16.5. The molecule has 0 aromatic rings. The number of nitrogens with one attached hydrogen (secondary N) is 1. The standard InChI is InChI=1S/C5H11NO.C5H10O2/c7-4-5-2-1-3-6-5;1-5(2,3)7-4-6/h5-7H,1-4H2;4H,1-3H3/t5-;/m1./s1. The molecule has 1 atom stereocenters. The van der Waals surface area contributed by atoms with E-state index in [1.165, 1.54) is 6.42 Å². The van der Waals surface area contributed by atoms with Gasteiger partial charge in [-0.3, -0.25) is 4.79 Å². The van der Waals surface area contributed by atoms with Crippen molar-refractivity contribution in [2.75, 3.05) is 13.2 Å². The fourth-order valence-electron chi connectivity index (χ4n) is 1.06. The van der Waals surface area contributed by atoms with E-state index in [0.29, 0.717) is 19.1 Å². The number of carbonyl (C=O) groups is 1. The predicted octanol–water partition coefficient (Wildman–Crippen LogP) is 0.689. The molecule has 1 heterocycles. The van der Waals surface area contributed by atoms with Crippen LogP contribution in [0.2, 0.25) is 0 Å². The van der Waals surface area contributed by atoms with E-state index in [9.17, 15) is 4.79 Å². The first-order valence-corrected chi connectivity index (χ1v) is 4.95. The first kappa shape index (κ1) is 13.4. The van der Waals surface area contributed by atoms with E-state index in [-0.39, 0.29) is 5.60 Å². The molecule has 1 rings (SSSR count). The minimum Gasteiger partial charge on any atom is -0.462 e. The van der Waals surface area contributed by atoms with Gasteiger partial charge in [0, 0.05) is 6.04 Å². The van der Waals surface area contributed by atoms with E-state index in [1.54, 1.807) is 0 Å². The minimum atomic E-state index is -0.318. The molecule has 0 saturated carbocycles. The lowest BCUT2D eigenvalue weighted by Crippen LogP contribution is -2.24. The van der Waals surface area contributed by atoms with Crippen molar-refractivity contribution >= 4 is 6.47 Å². The Bertz CT molecular complexity index is 148. The second-order valence-corrected chi connectivity index (χ2v) is 4.30. The van der Waals surface area contributed by atoms with Crippen molar-refractivity contribution in [1.29, 1.82) is 0 Å². The molecule has 0 aromatic heterocycles. The molecule has 0 bridgehead atoms. The van der Waals surface area contributed by atoms with Gasteiger partial charge in [-0.15, -0.1) is 0 Å². The maximum absolute atomic E-state index is 9.60. The van der Waals surface area contributed by atoms with Crippen LogP contribution >= 0.6 is 0 Å². The summed E-state index contributed by atoms with van der Waals surface area (Å²) in [6.07, 6.45) is 2.38. The second kappa shape index (κ2) is 6.79. The van der Waals surface area contributed by atoms with Crippen LogP contribution in [0.4, 0.5) is 0 Å². The topological polar surface area (TPSA) is 58.6 Å². The molecule has 0 radical (unpaired) electrons. The van der Waals surface area contributed by atoms with Gasteiger partial charge in [-0.25, -0.2) is 0 Å². The van der Waals surface area contributed by atoms with Crippen LogP contribution in [0, 0.1) is 0 Å². The van der Waals surface area contributed by atoms with Crippen LogP contribution in [0.1, 0.15) is 33.6 Å². The Hall–Kier alpha value is -0.610. The summed E-state index contributed by atoms with van der Waals surface area (Å²) in [5.41, 5.74) is -0.318. The zero-order valence-electron chi connectivity index (χ0n) is 9.25. The van der Waals surface area contributed by atoms with Crippen LogP contribution in [0.15, 0.2) is 0 Å². The predicted molar refractivity (Wildman–Crippen MR) is 55.0 cm³/mol. The molecule has 4 nitrogen and oxygen atoms in total. The Morgan fingerprint density at radius 2 is 2.21 bits per heavy atom. The Labute approximate surface area is 85.6 Å². The molecule has 14 heavy (non-hydrogen) atoms. The number of hydrogen-bond acceptors (Lipinski definition) is 4. The third-order valence-corrected chi connectivity index (χ3v) is 1.78. The summed E-state index contributed by atoms with van der Waals surface area (Å²) < 4.78 is 4.55. The lowest BCUT2D eigenvalue weighted by molar-refractivity contribution is -0.138. The lowest BCUT2D eigenvalue weighted by atomic mass is 10.2. The summed E-state index contributed by atoms with van der Waals surface area (Å²) in [4.78, 5) is 9.60. The van der Waals surface area contributed by atoms with Gasteiger partial charge in [0.2, 0.25) is 0 Å². The van der Waals surface area contributed by atoms with Crippen LogP contribution in [-0.4, -0.2) is 36.4 Å². The lowest BCUT2D eigenvalue weighted by Gasteiger charge is -2.14. The molecular formula is C10H21NO3. The molecule has 0 aromatic carbocycles. The van der Waals surface area contributed by atoms with Crippen molar-refractivity contribution in [1.82, 2.24) is 5.32 Å². The molecule has 2 N–H and O–H groups in total. The van der Waals surface area contributed by atoms with Gasteiger partial charge in [-0.2, -0.15) is 0 Å². The van der Waals surface area contributed by atoms with E-state index >= 15 is 0 Å². The molecule has 4 heteroatoms. The van der Waals surface area contributed by atoms with Gasteiger partial charge >= 0.3 is 0 Å². The maximum atomic E-state index is 9.60. The van der Waals surface area contributed by atoms with E-state index in [1.807, 2.05) is 20.8 Å². The van der Waals surface area contributed by atoms with Crippen LogP contribution in [0.3, 0.4) is 0 Å². The number of rotatable bonds is 2. The Morgan fingerprint density at radius 3 is 2.36 bits per heavy atom. The number of aliphatic hydroxyl groups is 1. The number of ether oxygens (including phenoxy) is 1. The van der Waals surface area contributed by atoms with E-state index in [4.69, 9.17) is 5.11 Å². The SMILES string of the molecule is CC(C)(C)OC=O.OC[C@H]1CCCN1. The van der Waals surface area contributed by atoms with Gasteiger partial charge in [0.05, 0.1) is 6.61 Å². The molecule has 0 aliphatic carbocycles. The fourth-order valence-corrected chi connectivity index (χ4v) is 1.06. The molecule has 1 aliphatic rings. The zero-order valence-corrected chi connectivity index (χ0v) is 9.25. The number of carbonyl (C=O) groups excluding carboxylic acids is 1. The Balaban J connectivity index is 0.000000241. The van der Waals surface area contributed by atoms with Gasteiger partial charge < -0.3 is 15.2 Å². The fraction of sp³-hybridized carbons (Fsp3) is 0.900. The van der Waals surface area contributed by atoms with Crippen LogP contribution in [-0.2, 0) is 9.53 Å². The highest BCUT2D eigenvalue weighted by molar-refractivity contribution is 5.37. The van der Waals surface area contributed by atoms with E-state index < -0.39 is 0 Å². The summed E-state index contributed by atoms with van der Waals surface area (Å²) in [5, 5.41) is 11.7. The molecule has 1 aliphatic heterocycles. The molecule has 0 amide bonds. The minimum absolute atomic E-state index is 0.306. The largest absolute Gasteiger partial charge is 0.462 e. The molecular weight excluding hydrogens is 182 g/mol. The smallest absolute Gasteiger partial charge is 0.293 e. The third-order valence-electron chi connectivity index (χ3n) is 1.78. The highest BCUT2D eigenvalue weighted by Gasteiger charge is 2.10. The summed E-state index contributed by atoms with van der Waals surface area (Å²) in [6.45, 7) is 7.31. The normalized spacial score (nSPS) is 21.0. The number of aliphatic hydroxyl groups excluding tert-OH is 1. The van der Waals surface area contributed by atoms with Gasteiger partial charge in [-0.05, 0) is 40.2 Å². The molecule has 1 fully saturated rings. The number of hydrogen-bond donors (Lipinski definition) is 2. The van der Waals surface area contributed by atoms with Gasteiger partial charge in [0.15, 0.2) is 0 Å². The van der Waals surface area contributed by atoms with Crippen molar-refractivity contribution in [2.45, 2.75) is 45.3 Å². The Morgan fingerprint density at radius 1 is 1.57 bits per heavy atom. The van der Waals surface area contributed by atoms with Gasteiger partial charge in [0.25, 0.3) is 6.47 Å². The van der Waals surface area contributed by atoms with Crippen molar-refractivity contribution in [2.24, 2.45) is 0 Å². The average molecular weight is 203 g/mol. The summed E-state index contributed by atoms with van der Waals surface area (Å²) in [5.74, 6) is 0. The summed E-state index contributed by atoms with van der Waals surface area (Å²) >= 11 is 0. The average Bonchev–Trinajstić information content (AvgIpc) is 2.54. The zero-order chi connectivity index (χ0) is 11.0. The monoisotopic (exact) mass is 203 g/mol. The first-order valence-electron chi connectivity index (χ1n) is 4.95. The van der Waals surface area contributed by atoms with E-state index in [2.05, 4.69) is 10.1 Å².